The Bertz CT molecular complexity index is 447. The van der Waals surface area contributed by atoms with E-state index in [0.717, 1.165) is 0 Å². The Kier molecular flexibility index (Phi) is 6.50. The van der Waals surface area contributed by atoms with Crippen LogP contribution in [0.4, 0.5) is 19.1 Å². The zero-order valence-electron chi connectivity index (χ0n) is 11.4. The molecular formula is C12H18F3N5O. The Morgan fingerprint density at radius 2 is 2.00 bits per heavy atom. The Balaban J connectivity index is 0.000000219. The van der Waals surface area contributed by atoms with Crippen LogP contribution in [0.25, 0.3) is 0 Å². The van der Waals surface area contributed by atoms with E-state index in [1.54, 1.807) is 0 Å². The smallest absolute Gasteiger partial charge is 0.368 e. The van der Waals surface area contributed by atoms with Gasteiger partial charge in [0, 0.05) is 12.2 Å². The number of carbonyl (C=O) groups excluding carboxylic acids is 1. The third kappa shape index (κ3) is 7.57. The van der Waals surface area contributed by atoms with Crippen LogP contribution in [0.2, 0.25) is 0 Å². The first-order valence-corrected chi connectivity index (χ1v) is 6.38. The lowest BCUT2D eigenvalue weighted by atomic mass is 10.1. The Labute approximate surface area is 120 Å². The minimum atomic E-state index is -4.07. The molecule has 1 aliphatic rings. The van der Waals surface area contributed by atoms with Gasteiger partial charge in [0.2, 0.25) is 5.95 Å². The van der Waals surface area contributed by atoms with Crippen molar-refractivity contribution >= 4 is 12.2 Å². The molecule has 0 atom stereocenters. The fraction of sp³-hybridized carbons (Fsp3) is 0.583. The number of carbonyl (C=O) groups is 1. The van der Waals surface area contributed by atoms with Crippen LogP contribution < -0.4 is 11.5 Å². The average Bonchev–Trinajstić information content (AvgIpc) is 2.41. The number of piperidine rings is 1. The molecule has 1 fully saturated rings. The summed E-state index contributed by atoms with van der Waals surface area (Å²) >= 11 is 0. The van der Waals surface area contributed by atoms with E-state index in [1.165, 1.54) is 17.2 Å². The Morgan fingerprint density at radius 1 is 1.38 bits per heavy atom. The average molecular weight is 305 g/mol. The SMILES string of the molecule is NC1CCN(CC(F)(F)F)CC1.Nc1nccc(C=O)n1. The van der Waals surface area contributed by atoms with Crippen molar-refractivity contribution < 1.29 is 18.0 Å². The van der Waals surface area contributed by atoms with E-state index >= 15 is 0 Å². The Hall–Kier alpha value is -1.74. The Morgan fingerprint density at radius 3 is 2.43 bits per heavy atom. The van der Waals surface area contributed by atoms with Crippen LogP contribution in [-0.4, -0.2) is 53.0 Å². The van der Waals surface area contributed by atoms with Crippen LogP contribution in [0.15, 0.2) is 12.3 Å². The number of halogens is 3. The van der Waals surface area contributed by atoms with Gasteiger partial charge in [0.1, 0.15) is 5.69 Å². The zero-order chi connectivity index (χ0) is 15.9. The van der Waals surface area contributed by atoms with Crippen LogP contribution in [0.5, 0.6) is 0 Å². The molecule has 0 radical (unpaired) electrons. The first kappa shape index (κ1) is 17.3. The molecule has 0 unspecified atom stereocenters. The molecule has 118 valence electrons. The van der Waals surface area contributed by atoms with Crippen LogP contribution in [-0.2, 0) is 0 Å². The molecule has 9 heteroatoms. The standard InChI is InChI=1S/C7H13F3N2.C5H5N3O/c8-7(9,10)5-12-3-1-6(11)2-4-12;6-5-7-2-1-4(3-9)8-5/h6H,1-5,11H2;1-3H,(H2,6,7,8). The molecule has 2 heterocycles. The molecular weight excluding hydrogens is 287 g/mol. The molecule has 0 aromatic carbocycles. The number of likely N-dealkylation sites (tertiary alicyclic amines) is 1. The highest BCUT2D eigenvalue weighted by molar-refractivity contribution is 5.71. The maximum absolute atomic E-state index is 11.9. The maximum atomic E-state index is 11.9. The molecule has 0 saturated carbocycles. The summed E-state index contributed by atoms with van der Waals surface area (Å²) in [7, 11) is 0. The van der Waals surface area contributed by atoms with Crippen molar-refractivity contribution in [2.75, 3.05) is 25.4 Å². The number of aromatic nitrogens is 2. The topological polar surface area (TPSA) is 98.1 Å². The van der Waals surface area contributed by atoms with E-state index in [1.807, 2.05) is 0 Å². The molecule has 0 spiro atoms. The highest BCUT2D eigenvalue weighted by Crippen LogP contribution is 2.18. The normalized spacial score (nSPS) is 17.0. The molecule has 0 amide bonds. The largest absolute Gasteiger partial charge is 0.401 e. The van der Waals surface area contributed by atoms with E-state index in [0.29, 0.717) is 37.9 Å². The van der Waals surface area contributed by atoms with Crippen molar-refractivity contribution in [2.45, 2.75) is 25.1 Å². The number of aldehydes is 1. The summed E-state index contributed by atoms with van der Waals surface area (Å²) in [5.74, 6) is 0.125. The predicted octanol–water partition coefficient (Wildman–Crippen LogP) is 0.843. The number of anilines is 1. The first-order chi connectivity index (χ1) is 9.80. The molecule has 1 aromatic heterocycles. The van der Waals surface area contributed by atoms with Crippen LogP contribution in [0, 0.1) is 0 Å². The number of nitrogens with zero attached hydrogens (tertiary/aromatic N) is 3. The second-order valence-corrected chi connectivity index (χ2v) is 4.69. The second-order valence-electron chi connectivity index (χ2n) is 4.69. The number of hydrogen-bond acceptors (Lipinski definition) is 6. The third-order valence-corrected chi connectivity index (χ3v) is 2.85. The summed E-state index contributed by atoms with van der Waals surface area (Å²) in [6.07, 6.45) is -0.655. The third-order valence-electron chi connectivity index (χ3n) is 2.85. The number of rotatable bonds is 2. The summed E-state index contributed by atoms with van der Waals surface area (Å²) in [6.45, 7) is 0.154. The lowest BCUT2D eigenvalue weighted by molar-refractivity contribution is -0.147. The monoisotopic (exact) mass is 305 g/mol. The van der Waals surface area contributed by atoms with Crippen LogP contribution in [0.1, 0.15) is 23.3 Å². The van der Waals surface area contributed by atoms with Gasteiger partial charge in [0.05, 0.1) is 6.54 Å². The van der Waals surface area contributed by atoms with Gasteiger partial charge in [-0.1, -0.05) is 0 Å². The summed E-state index contributed by atoms with van der Waals surface area (Å²) in [4.78, 5) is 18.6. The van der Waals surface area contributed by atoms with Crippen molar-refractivity contribution in [3.8, 4) is 0 Å². The molecule has 4 N–H and O–H groups in total. The van der Waals surface area contributed by atoms with Gasteiger partial charge in [-0.25, -0.2) is 9.97 Å². The van der Waals surface area contributed by atoms with Gasteiger partial charge in [0.25, 0.3) is 0 Å². The molecule has 1 saturated heterocycles. The van der Waals surface area contributed by atoms with Crippen molar-refractivity contribution in [1.82, 2.24) is 14.9 Å². The zero-order valence-corrected chi connectivity index (χ0v) is 11.4. The predicted molar refractivity (Wildman–Crippen MR) is 71.5 cm³/mol. The van der Waals surface area contributed by atoms with Crippen LogP contribution in [0.3, 0.4) is 0 Å². The fourth-order valence-corrected chi connectivity index (χ4v) is 1.82. The molecule has 21 heavy (non-hydrogen) atoms. The van der Waals surface area contributed by atoms with E-state index in [-0.39, 0.29) is 12.0 Å². The highest BCUT2D eigenvalue weighted by Gasteiger charge is 2.31. The summed E-state index contributed by atoms with van der Waals surface area (Å²) in [5, 5.41) is 0. The van der Waals surface area contributed by atoms with Gasteiger partial charge < -0.3 is 11.5 Å². The van der Waals surface area contributed by atoms with Crippen molar-refractivity contribution in [3.05, 3.63) is 18.0 Å². The number of nitrogen functional groups attached to an aromatic ring is 1. The van der Waals surface area contributed by atoms with Crippen molar-refractivity contribution in [1.29, 1.82) is 0 Å². The van der Waals surface area contributed by atoms with Crippen molar-refractivity contribution in [3.63, 3.8) is 0 Å². The van der Waals surface area contributed by atoms with Gasteiger partial charge in [-0.3, -0.25) is 9.69 Å². The van der Waals surface area contributed by atoms with E-state index in [9.17, 15) is 18.0 Å². The summed E-state index contributed by atoms with van der Waals surface area (Å²) in [5.41, 5.74) is 11.0. The fourth-order valence-electron chi connectivity index (χ4n) is 1.82. The molecule has 1 aromatic rings. The van der Waals surface area contributed by atoms with E-state index in [2.05, 4.69) is 9.97 Å². The van der Waals surface area contributed by atoms with Crippen LogP contribution >= 0.6 is 0 Å². The van der Waals surface area contributed by atoms with Gasteiger partial charge in [-0.05, 0) is 32.0 Å². The lowest BCUT2D eigenvalue weighted by Gasteiger charge is -2.30. The summed E-state index contributed by atoms with van der Waals surface area (Å²) < 4.78 is 35.6. The first-order valence-electron chi connectivity index (χ1n) is 6.38. The quantitative estimate of drug-likeness (QED) is 0.786. The number of hydrogen-bond donors (Lipinski definition) is 2. The van der Waals surface area contributed by atoms with Gasteiger partial charge >= 0.3 is 6.18 Å². The van der Waals surface area contributed by atoms with Gasteiger partial charge in [-0.2, -0.15) is 13.2 Å². The van der Waals surface area contributed by atoms with E-state index < -0.39 is 12.7 Å². The summed E-state index contributed by atoms with van der Waals surface area (Å²) in [6, 6.07) is 1.58. The second kappa shape index (κ2) is 7.89. The molecule has 0 aliphatic carbocycles. The van der Waals surface area contributed by atoms with Crippen molar-refractivity contribution in [2.24, 2.45) is 5.73 Å². The number of alkyl halides is 3. The molecule has 1 aliphatic heterocycles. The van der Waals surface area contributed by atoms with Gasteiger partial charge in [-0.15, -0.1) is 0 Å². The van der Waals surface area contributed by atoms with E-state index in [4.69, 9.17) is 11.5 Å². The molecule has 2 rings (SSSR count). The minimum Gasteiger partial charge on any atom is -0.368 e. The highest BCUT2D eigenvalue weighted by atomic mass is 19.4. The number of nitrogens with two attached hydrogens (primary N) is 2. The molecule has 6 nitrogen and oxygen atoms in total. The lowest BCUT2D eigenvalue weighted by Crippen LogP contribution is -2.43. The molecule has 0 bridgehead atoms. The maximum Gasteiger partial charge on any atom is 0.401 e. The van der Waals surface area contributed by atoms with Gasteiger partial charge in [0.15, 0.2) is 6.29 Å². The minimum absolute atomic E-state index is 0.0921.